The molecule has 1 rings (SSSR count). The molecular weight excluding hydrogens is 137 g/mol. The predicted molar refractivity (Wildman–Crippen MR) is 34.5 cm³/mol. The Labute approximate surface area is 57.5 Å². The first-order valence-corrected chi connectivity index (χ1v) is 2.84. The van der Waals surface area contributed by atoms with Crippen molar-refractivity contribution in [3.63, 3.8) is 0 Å². The molecule has 0 aromatic heterocycles. The largest absolute Gasteiger partial charge is 0.384 e. The third kappa shape index (κ3) is 1.07. The van der Waals surface area contributed by atoms with Gasteiger partial charge in [0, 0.05) is 7.05 Å². The van der Waals surface area contributed by atoms with Crippen molar-refractivity contribution in [3.05, 3.63) is 0 Å². The maximum Gasteiger partial charge on any atom is 0.345 e. The van der Waals surface area contributed by atoms with Crippen LogP contribution in [0.5, 0.6) is 0 Å². The molecule has 4 nitrogen and oxygen atoms in total. The molecule has 0 aromatic carbocycles. The molecule has 0 radical (unpaired) electrons. The standard InChI is InChI=1S/C5H8FN3O/c1-9-2-3(6)4(7)8-5(9)10/h3H,2H2,1H3,(H2,7,8,10)/t3-/m1/s1. The van der Waals surface area contributed by atoms with Crippen molar-refractivity contribution in [1.82, 2.24) is 4.90 Å². The number of aliphatic imine (C=N–C) groups is 1. The number of alkyl halides is 1. The smallest absolute Gasteiger partial charge is 0.345 e. The third-order valence-corrected chi connectivity index (χ3v) is 1.31. The average Bonchev–Trinajstić information content (AvgIpc) is 1.84. The van der Waals surface area contributed by atoms with Gasteiger partial charge in [-0.1, -0.05) is 0 Å². The Morgan fingerprint density at radius 1 is 1.90 bits per heavy atom. The number of hydrogen-bond acceptors (Lipinski definition) is 2. The van der Waals surface area contributed by atoms with Crippen molar-refractivity contribution in [3.8, 4) is 0 Å². The van der Waals surface area contributed by atoms with E-state index in [9.17, 15) is 9.18 Å². The number of carbonyl (C=O) groups excluding carboxylic acids is 1. The van der Waals surface area contributed by atoms with Crippen molar-refractivity contribution < 1.29 is 9.18 Å². The fourth-order valence-corrected chi connectivity index (χ4v) is 0.678. The molecule has 1 aliphatic heterocycles. The van der Waals surface area contributed by atoms with E-state index in [2.05, 4.69) is 4.99 Å². The van der Waals surface area contributed by atoms with E-state index in [0.29, 0.717) is 0 Å². The highest BCUT2D eigenvalue weighted by molar-refractivity contribution is 5.97. The van der Waals surface area contributed by atoms with Crippen LogP contribution in [0.25, 0.3) is 0 Å². The second-order valence-electron chi connectivity index (χ2n) is 2.17. The molecule has 0 saturated heterocycles. The number of amides is 2. The average molecular weight is 145 g/mol. The number of nitrogens with zero attached hydrogens (tertiary/aromatic N) is 2. The Morgan fingerprint density at radius 2 is 2.50 bits per heavy atom. The molecule has 1 heterocycles. The van der Waals surface area contributed by atoms with Gasteiger partial charge in [-0.3, -0.25) is 0 Å². The van der Waals surface area contributed by atoms with E-state index in [1.165, 1.54) is 11.9 Å². The van der Waals surface area contributed by atoms with Gasteiger partial charge in [-0.25, -0.2) is 9.18 Å². The molecule has 0 bridgehead atoms. The molecule has 56 valence electrons. The second-order valence-corrected chi connectivity index (χ2v) is 2.17. The van der Waals surface area contributed by atoms with E-state index in [0.717, 1.165) is 0 Å². The van der Waals surface area contributed by atoms with Gasteiger partial charge in [0.05, 0.1) is 6.54 Å². The number of hydrogen-bond donors (Lipinski definition) is 1. The highest BCUT2D eigenvalue weighted by atomic mass is 19.1. The Hall–Kier alpha value is -1.13. The quantitative estimate of drug-likeness (QED) is 0.510. The fraction of sp³-hybridized carbons (Fsp3) is 0.600. The van der Waals surface area contributed by atoms with Gasteiger partial charge in [-0.2, -0.15) is 4.99 Å². The number of carbonyl (C=O) groups is 1. The highest BCUT2D eigenvalue weighted by Gasteiger charge is 2.23. The van der Waals surface area contributed by atoms with Crippen LogP contribution in [0.4, 0.5) is 9.18 Å². The van der Waals surface area contributed by atoms with Gasteiger partial charge >= 0.3 is 6.03 Å². The van der Waals surface area contributed by atoms with E-state index in [-0.39, 0.29) is 12.4 Å². The van der Waals surface area contributed by atoms with Crippen LogP contribution in [0.3, 0.4) is 0 Å². The molecular formula is C5H8FN3O. The molecule has 0 saturated carbocycles. The lowest BCUT2D eigenvalue weighted by Gasteiger charge is -2.21. The Morgan fingerprint density at radius 3 is 3.00 bits per heavy atom. The van der Waals surface area contributed by atoms with Gasteiger partial charge in [0.15, 0.2) is 6.17 Å². The first kappa shape index (κ1) is 6.98. The Kier molecular flexibility index (Phi) is 1.57. The minimum atomic E-state index is -1.30. The Bertz CT molecular complexity index is 191. The molecule has 5 heteroatoms. The van der Waals surface area contributed by atoms with Crippen LogP contribution in [-0.4, -0.2) is 36.5 Å². The van der Waals surface area contributed by atoms with Gasteiger partial charge in [0.1, 0.15) is 5.84 Å². The number of rotatable bonds is 0. The number of halogens is 1. The van der Waals surface area contributed by atoms with Gasteiger partial charge in [-0.05, 0) is 0 Å². The lowest BCUT2D eigenvalue weighted by atomic mass is 10.3. The SMILES string of the molecule is CN1C[C@@H](F)C(N)=NC1=O. The van der Waals surface area contributed by atoms with Crippen LogP contribution >= 0.6 is 0 Å². The first-order valence-electron chi connectivity index (χ1n) is 2.84. The Balaban J connectivity index is 2.79. The van der Waals surface area contributed by atoms with E-state index < -0.39 is 12.2 Å². The zero-order chi connectivity index (χ0) is 7.72. The molecule has 0 aromatic rings. The summed E-state index contributed by atoms with van der Waals surface area (Å²) < 4.78 is 12.6. The summed E-state index contributed by atoms with van der Waals surface area (Å²) in [6.07, 6.45) is -1.30. The van der Waals surface area contributed by atoms with Crippen molar-refractivity contribution in [2.45, 2.75) is 6.17 Å². The van der Waals surface area contributed by atoms with Crippen molar-refractivity contribution in [2.75, 3.05) is 13.6 Å². The molecule has 2 amide bonds. The minimum Gasteiger partial charge on any atom is -0.384 e. The van der Waals surface area contributed by atoms with Crippen LogP contribution in [0.1, 0.15) is 0 Å². The molecule has 0 fully saturated rings. The van der Waals surface area contributed by atoms with Crippen LogP contribution < -0.4 is 5.73 Å². The molecule has 2 N–H and O–H groups in total. The molecule has 0 unspecified atom stereocenters. The number of amidine groups is 1. The molecule has 0 spiro atoms. The molecule has 0 aliphatic carbocycles. The summed E-state index contributed by atoms with van der Waals surface area (Å²) >= 11 is 0. The summed E-state index contributed by atoms with van der Waals surface area (Å²) in [5, 5.41) is 0. The van der Waals surface area contributed by atoms with Gasteiger partial charge in [-0.15, -0.1) is 0 Å². The van der Waals surface area contributed by atoms with Crippen molar-refractivity contribution in [2.24, 2.45) is 10.7 Å². The zero-order valence-electron chi connectivity index (χ0n) is 5.54. The minimum absolute atomic E-state index is 0.00810. The number of nitrogens with two attached hydrogens (primary N) is 1. The van der Waals surface area contributed by atoms with E-state index >= 15 is 0 Å². The first-order chi connectivity index (χ1) is 4.61. The topological polar surface area (TPSA) is 58.7 Å². The maximum absolute atomic E-state index is 12.6. The van der Waals surface area contributed by atoms with E-state index in [1.807, 2.05) is 0 Å². The highest BCUT2D eigenvalue weighted by Crippen LogP contribution is 2.03. The third-order valence-electron chi connectivity index (χ3n) is 1.31. The van der Waals surface area contributed by atoms with Crippen LogP contribution in [0.15, 0.2) is 4.99 Å². The molecule has 1 atom stereocenters. The monoisotopic (exact) mass is 145 g/mol. The van der Waals surface area contributed by atoms with Gasteiger partial charge in [0.2, 0.25) is 0 Å². The normalized spacial score (nSPS) is 26.6. The lowest BCUT2D eigenvalue weighted by molar-refractivity contribution is 0.203. The van der Waals surface area contributed by atoms with E-state index in [4.69, 9.17) is 5.73 Å². The summed E-state index contributed by atoms with van der Waals surface area (Å²) in [6.45, 7) is 0.00810. The van der Waals surface area contributed by atoms with Gasteiger partial charge in [0.25, 0.3) is 0 Å². The van der Waals surface area contributed by atoms with Gasteiger partial charge < -0.3 is 10.6 Å². The molecule has 1 aliphatic rings. The summed E-state index contributed by atoms with van der Waals surface area (Å²) in [5.41, 5.74) is 5.06. The van der Waals surface area contributed by atoms with Crippen molar-refractivity contribution in [1.29, 1.82) is 0 Å². The number of urea groups is 1. The molecule has 10 heavy (non-hydrogen) atoms. The van der Waals surface area contributed by atoms with Crippen molar-refractivity contribution >= 4 is 11.9 Å². The summed E-state index contributed by atoms with van der Waals surface area (Å²) in [6, 6.07) is -0.480. The van der Waals surface area contributed by atoms with Crippen LogP contribution in [0.2, 0.25) is 0 Å². The summed E-state index contributed by atoms with van der Waals surface area (Å²) in [4.78, 5) is 15.1. The summed E-state index contributed by atoms with van der Waals surface area (Å²) in [5.74, 6) is -0.219. The fourth-order valence-electron chi connectivity index (χ4n) is 0.678. The predicted octanol–water partition coefficient (Wildman–Crippen LogP) is -0.253. The lowest BCUT2D eigenvalue weighted by Crippen LogP contribution is -2.43. The van der Waals surface area contributed by atoms with Crippen LogP contribution in [0, 0.1) is 0 Å². The maximum atomic E-state index is 12.6. The zero-order valence-corrected chi connectivity index (χ0v) is 5.54. The summed E-state index contributed by atoms with van der Waals surface area (Å²) in [7, 11) is 1.48. The van der Waals surface area contributed by atoms with Crippen LogP contribution in [-0.2, 0) is 0 Å². The van der Waals surface area contributed by atoms with E-state index in [1.54, 1.807) is 0 Å². The second kappa shape index (κ2) is 2.24.